The first-order valence-corrected chi connectivity index (χ1v) is 8.47. The highest BCUT2D eigenvalue weighted by Gasteiger charge is 2.40. The molecule has 1 amide bonds. The van der Waals surface area contributed by atoms with Crippen LogP contribution in [0.25, 0.3) is 0 Å². The van der Waals surface area contributed by atoms with Gasteiger partial charge in [0.15, 0.2) is 0 Å². The van der Waals surface area contributed by atoms with Crippen LogP contribution < -0.4 is 10.6 Å². The summed E-state index contributed by atoms with van der Waals surface area (Å²) in [6.07, 6.45) is 5.51. The number of aryl methyl sites for hydroxylation is 1. The predicted molar refractivity (Wildman–Crippen MR) is 93.7 cm³/mol. The fourth-order valence-corrected chi connectivity index (χ4v) is 3.67. The summed E-state index contributed by atoms with van der Waals surface area (Å²) in [5, 5.41) is 6.83. The van der Waals surface area contributed by atoms with Gasteiger partial charge in [0.1, 0.15) is 5.66 Å². The molecule has 0 aliphatic carbocycles. The quantitative estimate of drug-likeness (QED) is 0.892. The third-order valence-corrected chi connectivity index (χ3v) is 5.07. The Morgan fingerprint density at radius 2 is 2.00 bits per heavy atom. The second kappa shape index (κ2) is 5.91. The van der Waals surface area contributed by atoms with Gasteiger partial charge < -0.3 is 10.6 Å². The van der Waals surface area contributed by atoms with Gasteiger partial charge in [-0.15, -0.1) is 0 Å². The van der Waals surface area contributed by atoms with E-state index in [1.165, 1.54) is 5.56 Å². The van der Waals surface area contributed by atoms with Crippen molar-refractivity contribution in [3.63, 3.8) is 0 Å². The van der Waals surface area contributed by atoms with Crippen LogP contribution in [-0.4, -0.2) is 34.5 Å². The Labute approximate surface area is 142 Å². The molecule has 2 N–H and O–H groups in total. The van der Waals surface area contributed by atoms with E-state index in [-0.39, 0.29) is 11.6 Å². The summed E-state index contributed by atoms with van der Waals surface area (Å²) in [6.45, 7) is 4.86. The van der Waals surface area contributed by atoms with Gasteiger partial charge in [0.2, 0.25) is 0 Å². The van der Waals surface area contributed by atoms with E-state index in [1.807, 2.05) is 24.4 Å². The highest BCUT2D eigenvalue weighted by Crippen LogP contribution is 2.33. The molecule has 0 saturated carbocycles. The summed E-state index contributed by atoms with van der Waals surface area (Å²) < 4.78 is 0. The van der Waals surface area contributed by atoms with Crippen LogP contribution in [0.4, 0.5) is 5.69 Å². The molecule has 5 nitrogen and oxygen atoms in total. The molecule has 1 aromatic carbocycles. The minimum Gasteiger partial charge on any atom is -0.362 e. The Morgan fingerprint density at radius 1 is 1.17 bits per heavy atom. The molecule has 0 atom stereocenters. The van der Waals surface area contributed by atoms with Gasteiger partial charge in [-0.1, -0.05) is 18.2 Å². The molecule has 2 aliphatic heterocycles. The number of carbonyl (C=O) groups excluding carboxylic acids is 1. The van der Waals surface area contributed by atoms with Crippen LogP contribution in [0.2, 0.25) is 0 Å². The number of carbonyl (C=O) groups is 1. The summed E-state index contributed by atoms with van der Waals surface area (Å²) in [5.41, 5.74) is 3.77. The number of para-hydroxylation sites is 1. The number of piperidine rings is 1. The standard InChI is InChI=1S/C19H22N4O/c1-14-4-2-6-16-17(14)21-19(22-18(16)24)7-10-23(11-8-19)13-15-5-3-9-20-12-15/h2-6,9,12,21H,7-8,10-11,13H2,1H3,(H,22,24). The monoisotopic (exact) mass is 322 g/mol. The maximum absolute atomic E-state index is 12.5. The van der Waals surface area contributed by atoms with Crippen molar-refractivity contribution in [2.75, 3.05) is 18.4 Å². The van der Waals surface area contributed by atoms with Crippen LogP contribution in [0.5, 0.6) is 0 Å². The van der Waals surface area contributed by atoms with Crippen LogP contribution in [0.3, 0.4) is 0 Å². The van der Waals surface area contributed by atoms with Crippen molar-refractivity contribution in [1.29, 1.82) is 0 Å². The van der Waals surface area contributed by atoms with Crippen molar-refractivity contribution < 1.29 is 4.79 Å². The van der Waals surface area contributed by atoms with Gasteiger partial charge in [0.05, 0.1) is 11.3 Å². The molecule has 2 aliphatic rings. The summed E-state index contributed by atoms with van der Waals surface area (Å²) >= 11 is 0. The van der Waals surface area contributed by atoms with E-state index in [1.54, 1.807) is 6.20 Å². The summed E-state index contributed by atoms with van der Waals surface area (Å²) in [7, 11) is 0. The topological polar surface area (TPSA) is 57.3 Å². The fourth-order valence-electron chi connectivity index (χ4n) is 3.67. The third-order valence-electron chi connectivity index (χ3n) is 5.07. The van der Waals surface area contributed by atoms with Gasteiger partial charge in [0, 0.05) is 44.9 Å². The largest absolute Gasteiger partial charge is 0.362 e. The zero-order chi connectivity index (χ0) is 16.6. The summed E-state index contributed by atoms with van der Waals surface area (Å²) in [4.78, 5) is 19.1. The Bertz CT molecular complexity index is 751. The highest BCUT2D eigenvalue weighted by molar-refractivity contribution is 6.02. The van der Waals surface area contributed by atoms with Crippen molar-refractivity contribution in [3.8, 4) is 0 Å². The van der Waals surface area contributed by atoms with Crippen LogP contribution in [0, 0.1) is 6.92 Å². The molecule has 24 heavy (non-hydrogen) atoms. The number of benzene rings is 1. The predicted octanol–water partition coefficient (Wildman–Crippen LogP) is 2.54. The summed E-state index contributed by atoms with van der Waals surface area (Å²) in [6, 6.07) is 9.95. The van der Waals surface area contributed by atoms with Crippen molar-refractivity contribution in [1.82, 2.24) is 15.2 Å². The smallest absolute Gasteiger partial charge is 0.255 e. The van der Waals surface area contributed by atoms with Gasteiger partial charge in [0.25, 0.3) is 5.91 Å². The minimum absolute atomic E-state index is 0.0353. The van der Waals surface area contributed by atoms with Crippen molar-refractivity contribution >= 4 is 11.6 Å². The number of anilines is 1. The number of nitrogens with zero attached hydrogens (tertiary/aromatic N) is 2. The number of aromatic nitrogens is 1. The Hall–Kier alpha value is -2.40. The van der Waals surface area contributed by atoms with Gasteiger partial charge >= 0.3 is 0 Å². The van der Waals surface area contributed by atoms with Gasteiger partial charge in [-0.25, -0.2) is 0 Å². The molecule has 0 unspecified atom stereocenters. The normalized spacial score (nSPS) is 19.5. The first kappa shape index (κ1) is 15.1. The zero-order valence-corrected chi connectivity index (χ0v) is 13.9. The second-order valence-electron chi connectivity index (χ2n) is 6.80. The number of fused-ring (bicyclic) bond motifs is 1. The molecular formula is C19H22N4O. The average Bonchev–Trinajstić information content (AvgIpc) is 2.59. The second-order valence-corrected chi connectivity index (χ2v) is 6.80. The Balaban J connectivity index is 1.47. The van der Waals surface area contributed by atoms with Crippen LogP contribution in [0.15, 0.2) is 42.7 Å². The molecule has 1 fully saturated rings. The van der Waals surface area contributed by atoms with Crippen LogP contribution in [0.1, 0.15) is 34.3 Å². The SMILES string of the molecule is Cc1cccc2c1NC1(CCN(Cc3cccnc3)CC1)NC2=O. The first-order valence-electron chi connectivity index (χ1n) is 8.47. The highest BCUT2D eigenvalue weighted by atomic mass is 16.2. The molecule has 1 spiro atoms. The third kappa shape index (κ3) is 2.76. The van der Waals surface area contributed by atoms with E-state index >= 15 is 0 Å². The van der Waals surface area contributed by atoms with Gasteiger partial charge in [-0.3, -0.25) is 14.7 Å². The van der Waals surface area contributed by atoms with E-state index < -0.39 is 0 Å². The van der Waals surface area contributed by atoms with E-state index in [0.717, 1.165) is 49.3 Å². The average molecular weight is 322 g/mol. The lowest BCUT2D eigenvalue weighted by Gasteiger charge is -2.46. The Morgan fingerprint density at radius 3 is 2.75 bits per heavy atom. The Kier molecular flexibility index (Phi) is 3.73. The van der Waals surface area contributed by atoms with Gasteiger partial charge in [-0.05, 0) is 30.2 Å². The molecule has 0 radical (unpaired) electrons. The number of likely N-dealkylation sites (tertiary alicyclic amines) is 1. The molecule has 3 heterocycles. The van der Waals surface area contributed by atoms with E-state index in [9.17, 15) is 4.79 Å². The minimum atomic E-state index is -0.318. The van der Waals surface area contributed by atoms with Gasteiger partial charge in [-0.2, -0.15) is 0 Å². The zero-order valence-electron chi connectivity index (χ0n) is 13.9. The molecule has 1 aromatic heterocycles. The number of hydrogen-bond donors (Lipinski definition) is 2. The number of amides is 1. The van der Waals surface area contributed by atoms with Crippen LogP contribution >= 0.6 is 0 Å². The van der Waals surface area contributed by atoms with E-state index in [0.29, 0.717) is 0 Å². The first-order chi connectivity index (χ1) is 11.7. The maximum atomic E-state index is 12.5. The summed E-state index contributed by atoms with van der Waals surface area (Å²) in [5.74, 6) is 0.0353. The molecule has 1 saturated heterocycles. The van der Waals surface area contributed by atoms with E-state index in [2.05, 4.69) is 39.6 Å². The molecule has 5 heteroatoms. The molecule has 124 valence electrons. The molecular weight excluding hydrogens is 300 g/mol. The maximum Gasteiger partial charge on any atom is 0.255 e. The lowest BCUT2D eigenvalue weighted by atomic mass is 9.91. The van der Waals surface area contributed by atoms with Crippen molar-refractivity contribution in [2.45, 2.75) is 32.0 Å². The fraction of sp³-hybridized carbons (Fsp3) is 0.368. The van der Waals surface area contributed by atoms with E-state index in [4.69, 9.17) is 0 Å². The van der Waals surface area contributed by atoms with Crippen LogP contribution in [-0.2, 0) is 6.54 Å². The number of nitrogens with one attached hydrogen (secondary N) is 2. The molecule has 4 rings (SSSR count). The lowest BCUT2D eigenvalue weighted by molar-refractivity contribution is 0.0822. The van der Waals surface area contributed by atoms with Crippen molar-refractivity contribution in [3.05, 3.63) is 59.4 Å². The molecule has 2 aromatic rings. The molecule has 0 bridgehead atoms. The number of pyridine rings is 1. The van der Waals surface area contributed by atoms with Crippen molar-refractivity contribution in [2.24, 2.45) is 0 Å². The lowest BCUT2D eigenvalue weighted by Crippen LogP contribution is -2.62. The number of hydrogen-bond acceptors (Lipinski definition) is 4. The number of rotatable bonds is 2.